The second-order valence-electron chi connectivity index (χ2n) is 5.00. The average molecular weight is 308 g/mol. The van der Waals surface area contributed by atoms with Crippen LogP contribution in [-0.2, 0) is 11.2 Å². The number of carbonyl (C=O) groups is 1. The van der Waals surface area contributed by atoms with E-state index in [0.717, 1.165) is 17.7 Å². The van der Waals surface area contributed by atoms with Gasteiger partial charge in [-0.05, 0) is 47.9 Å². The number of hydrogen-bond donors (Lipinski definition) is 2. The van der Waals surface area contributed by atoms with Gasteiger partial charge in [0.15, 0.2) is 0 Å². The highest BCUT2D eigenvalue weighted by atomic mass is 16.5. The van der Waals surface area contributed by atoms with Gasteiger partial charge in [-0.15, -0.1) is 0 Å². The molecular weight excluding hydrogens is 288 g/mol. The summed E-state index contributed by atoms with van der Waals surface area (Å²) >= 11 is 0. The van der Waals surface area contributed by atoms with Crippen molar-refractivity contribution in [3.8, 4) is 5.75 Å². The van der Waals surface area contributed by atoms with E-state index in [1.165, 1.54) is 17.7 Å². The number of hydrogen-bond acceptors (Lipinski definition) is 3. The largest absolute Gasteiger partial charge is 0.497 e. The van der Waals surface area contributed by atoms with Crippen LogP contribution < -0.4 is 10.1 Å². The Kier molecular flexibility index (Phi) is 6.12. The summed E-state index contributed by atoms with van der Waals surface area (Å²) in [5.74, 6) is 0.545. The fraction of sp³-hybridized carbons (Fsp3) is 0.158. The quantitative estimate of drug-likeness (QED) is 0.610. The lowest BCUT2D eigenvalue weighted by Crippen LogP contribution is -2.23. The minimum atomic E-state index is -0.195. The highest BCUT2D eigenvalue weighted by molar-refractivity contribution is 6.09. The lowest BCUT2D eigenvalue weighted by atomic mass is 10.1. The van der Waals surface area contributed by atoms with Crippen LogP contribution in [0.2, 0.25) is 0 Å². The number of amides is 1. The maximum Gasteiger partial charge on any atom is 0.244 e. The van der Waals surface area contributed by atoms with E-state index in [4.69, 9.17) is 10.1 Å². The second-order valence-corrected chi connectivity index (χ2v) is 5.00. The summed E-state index contributed by atoms with van der Waals surface area (Å²) in [6, 6.07) is 17.1. The van der Waals surface area contributed by atoms with Gasteiger partial charge in [0.2, 0.25) is 5.91 Å². The lowest BCUT2D eigenvalue weighted by Gasteiger charge is -2.03. The molecule has 0 fully saturated rings. The van der Waals surface area contributed by atoms with Crippen LogP contribution in [0.5, 0.6) is 5.75 Å². The van der Waals surface area contributed by atoms with Gasteiger partial charge in [0.1, 0.15) is 5.75 Å². The maximum atomic E-state index is 11.8. The first-order chi connectivity index (χ1) is 11.2. The van der Waals surface area contributed by atoms with Crippen molar-refractivity contribution in [2.24, 2.45) is 0 Å². The van der Waals surface area contributed by atoms with Crippen molar-refractivity contribution in [3.63, 3.8) is 0 Å². The van der Waals surface area contributed by atoms with Crippen LogP contribution in [0.3, 0.4) is 0 Å². The first kappa shape index (κ1) is 16.5. The molecule has 0 aliphatic carbocycles. The Morgan fingerprint density at radius 2 is 1.78 bits per heavy atom. The molecule has 2 N–H and O–H groups in total. The Morgan fingerprint density at radius 1 is 1.09 bits per heavy atom. The Morgan fingerprint density at radius 3 is 2.43 bits per heavy atom. The van der Waals surface area contributed by atoms with Crippen LogP contribution in [0.4, 0.5) is 0 Å². The molecule has 2 aromatic carbocycles. The molecular formula is C19H20N2O2. The van der Waals surface area contributed by atoms with Crippen molar-refractivity contribution < 1.29 is 9.53 Å². The first-order valence-electron chi connectivity index (χ1n) is 7.42. The average Bonchev–Trinajstić information content (AvgIpc) is 2.60. The molecule has 0 saturated carbocycles. The van der Waals surface area contributed by atoms with E-state index in [0.29, 0.717) is 6.54 Å². The number of nitrogens with one attached hydrogen (secondary N) is 2. The van der Waals surface area contributed by atoms with Crippen molar-refractivity contribution in [1.82, 2.24) is 5.32 Å². The van der Waals surface area contributed by atoms with Crippen molar-refractivity contribution in [3.05, 3.63) is 77.9 Å². The van der Waals surface area contributed by atoms with Crippen LogP contribution in [0, 0.1) is 5.41 Å². The van der Waals surface area contributed by atoms with Gasteiger partial charge in [0, 0.05) is 12.6 Å². The maximum absolute atomic E-state index is 11.8. The molecule has 1 amide bonds. The summed E-state index contributed by atoms with van der Waals surface area (Å²) in [4.78, 5) is 11.8. The van der Waals surface area contributed by atoms with E-state index in [9.17, 15) is 4.79 Å². The van der Waals surface area contributed by atoms with Gasteiger partial charge in [-0.3, -0.25) is 4.79 Å². The van der Waals surface area contributed by atoms with Crippen molar-refractivity contribution in [2.75, 3.05) is 13.7 Å². The molecule has 0 saturated heterocycles. The molecule has 118 valence electrons. The van der Waals surface area contributed by atoms with E-state index in [2.05, 4.69) is 5.32 Å². The van der Waals surface area contributed by atoms with E-state index in [1.807, 2.05) is 30.3 Å². The summed E-state index contributed by atoms with van der Waals surface area (Å²) < 4.78 is 5.08. The van der Waals surface area contributed by atoms with Crippen LogP contribution in [0.1, 0.15) is 11.1 Å². The zero-order chi connectivity index (χ0) is 16.5. The van der Waals surface area contributed by atoms with Gasteiger partial charge >= 0.3 is 0 Å². The molecule has 4 heteroatoms. The van der Waals surface area contributed by atoms with Gasteiger partial charge in [0.05, 0.1) is 12.8 Å². The minimum Gasteiger partial charge on any atom is -0.497 e. The standard InChI is InChI=1S/C19H20N2O2/c1-23-17-9-7-16(8-10-17)18(20)11-12-19(22)21-14-13-15-5-3-2-4-6-15/h2-12,20H,13-14H2,1H3,(H,21,22)/b12-11-,20-18?. The summed E-state index contributed by atoms with van der Waals surface area (Å²) in [6.45, 7) is 0.572. The van der Waals surface area contributed by atoms with Crippen molar-refractivity contribution in [2.45, 2.75) is 6.42 Å². The molecule has 0 aliphatic rings. The topological polar surface area (TPSA) is 62.2 Å². The normalized spacial score (nSPS) is 10.5. The number of methoxy groups -OCH3 is 1. The van der Waals surface area contributed by atoms with Crippen molar-refractivity contribution >= 4 is 11.6 Å². The van der Waals surface area contributed by atoms with Crippen LogP contribution in [0.25, 0.3) is 0 Å². The van der Waals surface area contributed by atoms with Gasteiger partial charge < -0.3 is 15.5 Å². The fourth-order valence-electron chi connectivity index (χ4n) is 2.06. The van der Waals surface area contributed by atoms with E-state index in [1.54, 1.807) is 31.4 Å². The highest BCUT2D eigenvalue weighted by Crippen LogP contribution is 2.11. The molecule has 0 aromatic heterocycles. The summed E-state index contributed by atoms with van der Waals surface area (Å²) in [6.07, 6.45) is 3.67. The SMILES string of the molecule is COc1ccc(C(=N)/C=C\C(=O)NCCc2ccccc2)cc1. The number of allylic oxidation sites excluding steroid dienone is 1. The van der Waals surface area contributed by atoms with Gasteiger partial charge in [-0.1, -0.05) is 30.3 Å². The molecule has 0 heterocycles. The Labute approximate surface area is 136 Å². The molecule has 0 bridgehead atoms. The molecule has 23 heavy (non-hydrogen) atoms. The summed E-state index contributed by atoms with van der Waals surface area (Å²) in [5, 5.41) is 10.8. The molecule has 2 aromatic rings. The Balaban J connectivity index is 1.79. The van der Waals surface area contributed by atoms with E-state index in [-0.39, 0.29) is 11.6 Å². The third-order valence-corrected chi connectivity index (χ3v) is 3.36. The van der Waals surface area contributed by atoms with Gasteiger partial charge in [0.25, 0.3) is 0 Å². The minimum absolute atomic E-state index is 0.195. The molecule has 0 radical (unpaired) electrons. The number of benzene rings is 2. The first-order valence-corrected chi connectivity index (χ1v) is 7.42. The summed E-state index contributed by atoms with van der Waals surface area (Å²) in [5.41, 5.74) is 2.20. The van der Waals surface area contributed by atoms with Crippen LogP contribution >= 0.6 is 0 Å². The van der Waals surface area contributed by atoms with E-state index < -0.39 is 0 Å². The fourth-order valence-corrected chi connectivity index (χ4v) is 2.06. The lowest BCUT2D eigenvalue weighted by molar-refractivity contribution is -0.116. The van der Waals surface area contributed by atoms with E-state index >= 15 is 0 Å². The third-order valence-electron chi connectivity index (χ3n) is 3.36. The number of carbonyl (C=O) groups excluding carboxylic acids is 1. The Hall–Kier alpha value is -2.88. The molecule has 2 rings (SSSR count). The monoisotopic (exact) mass is 308 g/mol. The van der Waals surface area contributed by atoms with Crippen LogP contribution in [-0.4, -0.2) is 25.3 Å². The van der Waals surface area contributed by atoms with Crippen LogP contribution in [0.15, 0.2) is 66.7 Å². The predicted octanol–water partition coefficient (Wildman–Crippen LogP) is 2.98. The molecule has 0 unspecified atom stereocenters. The van der Waals surface area contributed by atoms with Crippen molar-refractivity contribution in [1.29, 1.82) is 5.41 Å². The smallest absolute Gasteiger partial charge is 0.244 e. The molecule has 4 nitrogen and oxygen atoms in total. The third kappa shape index (κ3) is 5.43. The van der Waals surface area contributed by atoms with Gasteiger partial charge in [-0.2, -0.15) is 0 Å². The molecule has 0 aliphatic heterocycles. The Bertz CT molecular complexity index is 676. The zero-order valence-corrected chi connectivity index (χ0v) is 13.1. The highest BCUT2D eigenvalue weighted by Gasteiger charge is 2.00. The zero-order valence-electron chi connectivity index (χ0n) is 13.1. The number of ether oxygens (including phenoxy) is 1. The predicted molar refractivity (Wildman–Crippen MR) is 92.1 cm³/mol. The molecule has 0 spiro atoms. The summed E-state index contributed by atoms with van der Waals surface area (Å²) in [7, 11) is 1.60. The molecule has 0 atom stereocenters. The van der Waals surface area contributed by atoms with Gasteiger partial charge in [-0.25, -0.2) is 0 Å². The second kappa shape index (κ2) is 8.54. The number of rotatable bonds is 7.